The normalized spacial score (nSPS) is 23.8. The lowest BCUT2D eigenvalue weighted by Crippen LogP contribution is -2.12. The Morgan fingerprint density at radius 3 is 2.89 bits per heavy atom. The van der Waals surface area contributed by atoms with Crippen molar-refractivity contribution in [2.45, 2.75) is 19.1 Å². The van der Waals surface area contributed by atoms with E-state index in [0.29, 0.717) is 12.5 Å². The molecule has 1 aromatic carbocycles. The molecule has 3 heteroatoms. The number of benzene rings is 1. The molecule has 18 heavy (non-hydrogen) atoms. The Kier molecular flexibility index (Phi) is 4.52. The first kappa shape index (κ1) is 12.8. The third-order valence-electron chi connectivity index (χ3n) is 2.99. The number of hydrogen-bond donors (Lipinski definition) is 1. The summed E-state index contributed by atoms with van der Waals surface area (Å²) in [5.41, 5.74) is 1.10. The smallest absolute Gasteiger partial charge is 0.0954 e. The molecule has 0 bridgehead atoms. The van der Waals surface area contributed by atoms with Crippen LogP contribution in [0.4, 0.5) is 0 Å². The molecule has 1 aliphatic rings. The molecule has 0 aromatic heterocycles. The fraction of sp³-hybridized carbons (Fsp3) is 0.400. The zero-order valence-electron chi connectivity index (χ0n) is 10.2. The highest BCUT2D eigenvalue weighted by atomic mass is 16.5. The van der Waals surface area contributed by atoms with Crippen LogP contribution >= 0.6 is 0 Å². The summed E-state index contributed by atoms with van der Waals surface area (Å²) in [5.74, 6) is 0.484. The predicted molar refractivity (Wildman–Crippen MR) is 68.5 cm³/mol. The van der Waals surface area contributed by atoms with Crippen LogP contribution in [-0.4, -0.2) is 17.8 Å². The molecule has 3 nitrogen and oxygen atoms in total. The minimum Gasteiger partial charge on any atom is -0.387 e. The number of allylic oxidation sites excluding steroid dienone is 1. The summed E-state index contributed by atoms with van der Waals surface area (Å²) in [7, 11) is 0. The number of ether oxygens (including phenoxy) is 1. The SMILES string of the molecule is N#CC1CC1/C=C/[C@H](O)COCc1ccccc1. The number of nitriles is 1. The summed E-state index contributed by atoms with van der Waals surface area (Å²) >= 11 is 0. The van der Waals surface area contributed by atoms with Crippen molar-refractivity contribution in [2.75, 3.05) is 6.61 Å². The number of hydrogen-bond acceptors (Lipinski definition) is 3. The molecule has 2 unspecified atom stereocenters. The molecule has 94 valence electrons. The quantitative estimate of drug-likeness (QED) is 0.780. The van der Waals surface area contributed by atoms with Gasteiger partial charge in [-0.05, 0) is 17.9 Å². The predicted octanol–water partition coefficient (Wildman–Crippen LogP) is 2.28. The van der Waals surface area contributed by atoms with E-state index >= 15 is 0 Å². The molecular formula is C15H17NO2. The minimum atomic E-state index is -0.589. The molecule has 1 saturated carbocycles. The highest BCUT2D eigenvalue weighted by molar-refractivity contribution is 5.13. The van der Waals surface area contributed by atoms with E-state index in [1.807, 2.05) is 36.4 Å². The van der Waals surface area contributed by atoms with Gasteiger partial charge in [-0.3, -0.25) is 0 Å². The van der Waals surface area contributed by atoms with Crippen LogP contribution in [-0.2, 0) is 11.3 Å². The highest BCUT2D eigenvalue weighted by Gasteiger charge is 2.34. The van der Waals surface area contributed by atoms with E-state index in [1.54, 1.807) is 6.08 Å². The van der Waals surface area contributed by atoms with Gasteiger partial charge in [-0.1, -0.05) is 42.5 Å². The van der Waals surface area contributed by atoms with Crippen LogP contribution in [0.15, 0.2) is 42.5 Å². The molecule has 0 amide bonds. The topological polar surface area (TPSA) is 53.2 Å². The molecule has 1 N–H and O–H groups in total. The molecule has 3 atom stereocenters. The van der Waals surface area contributed by atoms with E-state index < -0.39 is 6.10 Å². The Labute approximate surface area is 107 Å². The molecule has 1 aliphatic carbocycles. The van der Waals surface area contributed by atoms with E-state index in [0.717, 1.165) is 12.0 Å². The van der Waals surface area contributed by atoms with Crippen LogP contribution in [0.3, 0.4) is 0 Å². The van der Waals surface area contributed by atoms with Crippen LogP contribution in [0.1, 0.15) is 12.0 Å². The first-order valence-corrected chi connectivity index (χ1v) is 6.17. The molecule has 0 spiro atoms. The van der Waals surface area contributed by atoms with Gasteiger partial charge in [0.05, 0.1) is 31.3 Å². The summed E-state index contributed by atoms with van der Waals surface area (Å²) in [5, 5.41) is 18.3. The molecule has 2 rings (SSSR count). The second-order valence-electron chi connectivity index (χ2n) is 4.59. The Morgan fingerprint density at radius 1 is 1.44 bits per heavy atom. The van der Waals surface area contributed by atoms with E-state index in [1.165, 1.54) is 0 Å². The second kappa shape index (κ2) is 6.34. The lowest BCUT2D eigenvalue weighted by atomic mass is 10.2. The van der Waals surface area contributed by atoms with Crippen LogP contribution in [0, 0.1) is 23.2 Å². The maximum absolute atomic E-state index is 9.67. The molecular weight excluding hydrogens is 226 g/mol. The zero-order valence-corrected chi connectivity index (χ0v) is 10.2. The van der Waals surface area contributed by atoms with E-state index in [2.05, 4.69) is 6.07 Å². The minimum absolute atomic E-state index is 0.152. The zero-order chi connectivity index (χ0) is 12.8. The van der Waals surface area contributed by atoms with Crippen molar-refractivity contribution < 1.29 is 9.84 Å². The van der Waals surface area contributed by atoms with Crippen LogP contribution in [0.5, 0.6) is 0 Å². The van der Waals surface area contributed by atoms with Gasteiger partial charge in [-0.2, -0.15) is 5.26 Å². The number of aliphatic hydroxyl groups is 1. The van der Waals surface area contributed by atoms with Gasteiger partial charge in [0.25, 0.3) is 0 Å². The monoisotopic (exact) mass is 243 g/mol. The standard InChI is InChI=1S/C15H17NO2/c16-9-14-8-13(14)6-7-15(17)11-18-10-12-4-2-1-3-5-12/h1-7,13-15,17H,8,10-11H2/b7-6+/t13?,14?,15-/m0/s1. The average molecular weight is 243 g/mol. The summed E-state index contributed by atoms with van der Waals surface area (Å²) < 4.78 is 5.42. The van der Waals surface area contributed by atoms with Crippen molar-refractivity contribution in [1.29, 1.82) is 5.26 Å². The van der Waals surface area contributed by atoms with Crippen LogP contribution in [0.2, 0.25) is 0 Å². The van der Waals surface area contributed by atoms with Gasteiger partial charge in [-0.25, -0.2) is 0 Å². The largest absolute Gasteiger partial charge is 0.387 e. The van der Waals surface area contributed by atoms with Gasteiger partial charge in [0, 0.05) is 0 Å². The Morgan fingerprint density at radius 2 is 2.22 bits per heavy atom. The van der Waals surface area contributed by atoms with E-state index in [-0.39, 0.29) is 12.5 Å². The van der Waals surface area contributed by atoms with Gasteiger partial charge < -0.3 is 9.84 Å². The maximum atomic E-state index is 9.67. The molecule has 0 heterocycles. The molecule has 0 saturated heterocycles. The third kappa shape index (κ3) is 3.99. The summed E-state index contributed by atoms with van der Waals surface area (Å²) in [6.45, 7) is 0.797. The fourth-order valence-corrected chi connectivity index (χ4v) is 1.77. The third-order valence-corrected chi connectivity index (χ3v) is 2.99. The summed E-state index contributed by atoms with van der Waals surface area (Å²) in [6, 6.07) is 12.1. The van der Waals surface area contributed by atoms with Crippen LogP contribution in [0.25, 0.3) is 0 Å². The van der Waals surface area contributed by atoms with E-state index in [4.69, 9.17) is 10.00 Å². The van der Waals surface area contributed by atoms with Crippen molar-refractivity contribution >= 4 is 0 Å². The number of aliphatic hydroxyl groups excluding tert-OH is 1. The Balaban J connectivity index is 1.63. The van der Waals surface area contributed by atoms with Crippen molar-refractivity contribution in [1.82, 2.24) is 0 Å². The lowest BCUT2D eigenvalue weighted by Gasteiger charge is -2.07. The Hall–Kier alpha value is -1.63. The summed E-state index contributed by atoms with van der Waals surface area (Å²) in [4.78, 5) is 0. The van der Waals surface area contributed by atoms with Gasteiger partial charge in [0.15, 0.2) is 0 Å². The number of nitrogens with zero attached hydrogens (tertiary/aromatic N) is 1. The van der Waals surface area contributed by atoms with Gasteiger partial charge in [0.1, 0.15) is 0 Å². The first-order valence-electron chi connectivity index (χ1n) is 6.17. The number of rotatable bonds is 6. The second-order valence-corrected chi connectivity index (χ2v) is 4.59. The van der Waals surface area contributed by atoms with Gasteiger partial charge in [-0.15, -0.1) is 0 Å². The molecule has 1 aromatic rings. The first-order chi connectivity index (χ1) is 8.79. The summed E-state index contributed by atoms with van der Waals surface area (Å²) in [6.07, 6.45) is 3.98. The van der Waals surface area contributed by atoms with Crippen LogP contribution < -0.4 is 0 Å². The molecule has 0 radical (unpaired) electrons. The van der Waals surface area contributed by atoms with Gasteiger partial charge >= 0.3 is 0 Å². The van der Waals surface area contributed by atoms with Gasteiger partial charge in [0.2, 0.25) is 0 Å². The van der Waals surface area contributed by atoms with Crippen molar-refractivity contribution in [3.63, 3.8) is 0 Å². The maximum Gasteiger partial charge on any atom is 0.0954 e. The van der Waals surface area contributed by atoms with E-state index in [9.17, 15) is 5.11 Å². The van der Waals surface area contributed by atoms with Crippen molar-refractivity contribution in [3.8, 4) is 6.07 Å². The molecule has 0 aliphatic heterocycles. The Bertz CT molecular complexity index is 436. The fourth-order valence-electron chi connectivity index (χ4n) is 1.77. The highest BCUT2D eigenvalue weighted by Crippen LogP contribution is 2.38. The average Bonchev–Trinajstić information content (AvgIpc) is 3.16. The van der Waals surface area contributed by atoms with Crippen molar-refractivity contribution in [3.05, 3.63) is 48.0 Å². The lowest BCUT2D eigenvalue weighted by molar-refractivity contribution is 0.0502. The van der Waals surface area contributed by atoms with Crippen molar-refractivity contribution in [2.24, 2.45) is 11.8 Å². The molecule has 1 fully saturated rings.